The SMILES string of the molecule is CC(=O)OC[C@H]1C[C@@H](C)CC[C@]1(C)[C@H]1CC[C@@]2(C)[C@@H](CC[C@@]2(O)c2cccs2)[C@@H]1CO. The number of rotatable bonds is 5. The predicted octanol–water partition coefficient (Wildman–Crippen LogP) is 5.38. The number of aliphatic hydroxyl groups is 2. The van der Waals surface area contributed by atoms with Gasteiger partial charge in [-0.3, -0.25) is 4.79 Å². The van der Waals surface area contributed by atoms with Gasteiger partial charge in [0.25, 0.3) is 0 Å². The molecule has 4 rings (SSSR count). The molecule has 3 aliphatic carbocycles. The van der Waals surface area contributed by atoms with Gasteiger partial charge in [-0.25, -0.2) is 0 Å². The molecule has 4 nitrogen and oxygen atoms in total. The number of carbonyl (C=O) groups is 1. The molecule has 0 unspecified atom stereocenters. The van der Waals surface area contributed by atoms with Crippen LogP contribution in [0.15, 0.2) is 17.5 Å². The van der Waals surface area contributed by atoms with Crippen LogP contribution < -0.4 is 0 Å². The van der Waals surface area contributed by atoms with Crippen LogP contribution in [0.2, 0.25) is 0 Å². The molecule has 3 saturated carbocycles. The van der Waals surface area contributed by atoms with Crippen LogP contribution in [0.1, 0.15) is 77.5 Å². The Morgan fingerprint density at radius 3 is 2.58 bits per heavy atom. The third kappa shape index (κ3) is 3.69. The molecular weight excluding hydrogens is 408 g/mol. The van der Waals surface area contributed by atoms with E-state index in [0.29, 0.717) is 30.3 Å². The summed E-state index contributed by atoms with van der Waals surface area (Å²) in [6.07, 6.45) is 7.16. The monoisotopic (exact) mass is 448 g/mol. The van der Waals surface area contributed by atoms with Gasteiger partial charge in [-0.2, -0.15) is 0 Å². The molecule has 1 aromatic heterocycles. The van der Waals surface area contributed by atoms with Crippen LogP contribution in [0.5, 0.6) is 0 Å². The molecule has 0 spiro atoms. The normalized spacial score (nSPS) is 45.3. The first kappa shape index (κ1) is 23.3. The molecular formula is C26H40O4S. The van der Waals surface area contributed by atoms with E-state index in [1.807, 2.05) is 6.07 Å². The van der Waals surface area contributed by atoms with Crippen LogP contribution in [-0.2, 0) is 15.1 Å². The molecule has 1 heterocycles. The average Bonchev–Trinajstić information content (AvgIpc) is 3.36. The second-order valence-corrected chi connectivity index (χ2v) is 12.2. The zero-order valence-electron chi connectivity index (χ0n) is 19.6. The molecule has 174 valence electrons. The lowest BCUT2D eigenvalue weighted by atomic mass is 9.48. The molecule has 0 saturated heterocycles. The highest BCUT2D eigenvalue weighted by Crippen LogP contribution is 2.67. The van der Waals surface area contributed by atoms with Crippen LogP contribution in [0.4, 0.5) is 0 Å². The first-order chi connectivity index (χ1) is 14.7. The average molecular weight is 449 g/mol. The van der Waals surface area contributed by atoms with Crippen molar-refractivity contribution in [2.45, 2.75) is 78.2 Å². The van der Waals surface area contributed by atoms with E-state index in [1.54, 1.807) is 11.3 Å². The lowest BCUT2D eigenvalue weighted by molar-refractivity contribution is -0.158. The summed E-state index contributed by atoms with van der Waals surface area (Å²) >= 11 is 1.66. The Morgan fingerprint density at radius 1 is 1.19 bits per heavy atom. The number of thiophene rings is 1. The number of ether oxygens (including phenoxy) is 1. The third-order valence-corrected chi connectivity index (χ3v) is 10.9. The maximum absolute atomic E-state index is 11.9. The maximum atomic E-state index is 11.9. The fourth-order valence-corrected chi connectivity index (χ4v) is 8.89. The van der Waals surface area contributed by atoms with E-state index in [1.165, 1.54) is 13.3 Å². The van der Waals surface area contributed by atoms with E-state index in [9.17, 15) is 15.0 Å². The molecule has 0 bridgehead atoms. The Kier molecular flexibility index (Phi) is 6.35. The minimum atomic E-state index is -0.788. The Hall–Kier alpha value is -0.910. The summed E-state index contributed by atoms with van der Waals surface area (Å²) in [5.41, 5.74) is -0.935. The number of hydrogen-bond acceptors (Lipinski definition) is 5. The Bertz CT molecular complexity index is 778. The van der Waals surface area contributed by atoms with E-state index >= 15 is 0 Å². The maximum Gasteiger partial charge on any atom is 0.302 e. The molecule has 3 aliphatic rings. The van der Waals surface area contributed by atoms with Gasteiger partial charge in [0, 0.05) is 23.8 Å². The van der Waals surface area contributed by atoms with Gasteiger partial charge in [0.15, 0.2) is 0 Å². The molecule has 0 aromatic carbocycles. The smallest absolute Gasteiger partial charge is 0.302 e. The minimum absolute atomic E-state index is 0.0559. The van der Waals surface area contributed by atoms with E-state index in [2.05, 4.69) is 32.2 Å². The molecule has 8 atom stereocenters. The van der Waals surface area contributed by atoms with Gasteiger partial charge in [-0.05, 0) is 85.0 Å². The first-order valence-electron chi connectivity index (χ1n) is 12.2. The highest BCUT2D eigenvalue weighted by Gasteiger charge is 2.64. The van der Waals surface area contributed by atoms with Crippen molar-refractivity contribution >= 4 is 17.3 Å². The van der Waals surface area contributed by atoms with Crippen molar-refractivity contribution in [3.05, 3.63) is 22.4 Å². The van der Waals surface area contributed by atoms with Gasteiger partial charge in [0.05, 0.1) is 6.61 Å². The fourth-order valence-electron chi connectivity index (χ4n) is 7.89. The first-order valence-corrected chi connectivity index (χ1v) is 13.0. The van der Waals surface area contributed by atoms with Crippen LogP contribution in [0.3, 0.4) is 0 Å². The second-order valence-electron chi connectivity index (χ2n) is 11.3. The van der Waals surface area contributed by atoms with Crippen molar-refractivity contribution in [1.29, 1.82) is 0 Å². The number of aliphatic hydroxyl groups excluding tert-OH is 1. The van der Waals surface area contributed by atoms with E-state index in [0.717, 1.165) is 43.4 Å². The molecule has 1 aromatic rings. The number of esters is 1. The van der Waals surface area contributed by atoms with Gasteiger partial charge in [-0.1, -0.05) is 33.3 Å². The van der Waals surface area contributed by atoms with Crippen LogP contribution >= 0.6 is 11.3 Å². The topological polar surface area (TPSA) is 66.8 Å². The largest absolute Gasteiger partial charge is 0.466 e. The highest BCUT2D eigenvalue weighted by atomic mass is 32.1. The summed E-state index contributed by atoms with van der Waals surface area (Å²) in [6, 6.07) is 4.12. The Balaban J connectivity index is 1.63. The number of fused-ring (bicyclic) bond motifs is 1. The lowest BCUT2D eigenvalue weighted by Crippen LogP contribution is -2.54. The molecule has 0 amide bonds. The third-order valence-electron chi connectivity index (χ3n) is 9.86. The summed E-state index contributed by atoms with van der Waals surface area (Å²) in [5.74, 6) is 1.67. The number of hydrogen-bond donors (Lipinski definition) is 2. The Labute approximate surface area is 191 Å². The van der Waals surface area contributed by atoms with Gasteiger partial charge in [0.1, 0.15) is 5.60 Å². The summed E-state index contributed by atoms with van der Waals surface area (Å²) in [6.45, 7) is 9.13. The predicted molar refractivity (Wildman–Crippen MR) is 124 cm³/mol. The molecule has 3 fully saturated rings. The van der Waals surface area contributed by atoms with Crippen LogP contribution in [0.25, 0.3) is 0 Å². The van der Waals surface area contributed by atoms with Crippen molar-refractivity contribution in [3.63, 3.8) is 0 Å². The van der Waals surface area contributed by atoms with Gasteiger partial charge in [-0.15, -0.1) is 11.3 Å². The zero-order valence-corrected chi connectivity index (χ0v) is 20.4. The standard InChI is InChI=1S/C26H40O4S/c1-17-7-10-24(3,19(14-17)16-30-18(2)28)21-8-11-25(4)22(20(21)15-27)9-12-26(25,29)23-6-5-13-31-23/h5-6,13,17,19-22,27,29H,7-12,14-16H2,1-4H3/t17-,19+,20+,21-,22-,24-,25-,26+/m0/s1. The van der Waals surface area contributed by atoms with Gasteiger partial charge in [0.2, 0.25) is 0 Å². The summed E-state index contributed by atoms with van der Waals surface area (Å²) in [5, 5.41) is 24.6. The molecule has 5 heteroatoms. The molecule has 31 heavy (non-hydrogen) atoms. The number of carbonyl (C=O) groups excluding carboxylic acids is 1. The summed E-state index contributed by atoms with van der Waals surface area (Å²) in [4.78, 5) is 12.6. The van der Waals surface area contributed by atoms with Gasteiger partial charge < -0.3 is 14.9 Å². The van der Waals surface area contributed by atoms with E-state index in [4.69, 9.17) is 4.74 Å². The quantitative estimate of drug-likeness (QED) is 0.594. The zero-order chi connectivity index (χ0) is 22.4. The highest BCUT2D eigenvalue weighted by molar-refractivity contribution is 7.10. The molecule has 2 N–H and O–H groups in total. The van der Waals surface area contributed by atoms with E-state index < -0.39 is 5.60 Å². The van der Waals surface area contributed by atoms with Crippen molar-refractivity contribution in [3.8, 4) is 0 Å². The van der Waals surface area contributed by atoms with Crippen LogP contribution in [0, 0.1) is 40.4 Å². The van der Waals surface area contributed by atoms with Crippen molar-refractivity contribution in [1.82, 2.24) is 0 Å². The summed E-state index contributed by atoms with van der Waals surface area (Å²) in [7, 11) is 0. The second kappa shape index (κ2) is 8.46. The summed E-state index contributed by atoms with van der Waals surface area (Å²) < 4.78 is 5.53. The van der Waals surface area contributed by atoms with Crippen molar-refractivity contribution in [2.24, 2.45) is 40.4 Å². The van der Waals surface area contributed by atoms with Gasteiger partial charge >= 0.3 is 5.97 Å². The van der Waals surface area contributed by atoms with Crippen molar-refractivity contribution in [2.75, 3.05) is 13.2 Å². The lowest BCUT2D eigenvalue weighted by Gasteiger charge is -2.58. The van der Waals surface area contributed by atoms with Crippen molar-refractivity contribution < 1.29 is 19.7 Å². The fraction of sp³-hybridized carbons (Fsp3) is 0.808. The minimum Gasteiger partial charge on any atom is -0.466 e. The van der Waals surface area contributed by atoms with E-state index in [-0.39, 0.29) is 29.3 Å². The molecule has 0 aliphatic heterocycles. The molecule has 0 radical (unpaired) electrons. The Morgan fingerprint density at radius 2 is 1.94 bits per heavy atom. The van der Waals surface area contributed by atoms with Crippen LogP contribution in [-0.4, -0.2) is 29.4 Å².